The predicted octanol–water partition coefficient (Wildman–Crippen LogP) is 1.70. The lowest BCUT2D eigenvalue weighted by atomic mass is 10.1. The summed E-state index contributed by atoms with van der Waals surface area (Å²) in [5.41, 5.74) is -0.0710. The first-order chi connectivity index (χ1) is 7.37. The zero-order valence-corrected chi connectivity index (χ0v) is 9.82. The SMILES string of the molecule is CC(C)(C)Nc1ccnc(CCC(=O)O)n1. The number of anilines is 1. The van der Waals surface area contributed by atoms with Crippen LogP contribution in [0.25, 0.3) is 0 Å². The van der Waals surface area contributed by atoms with Crippen molar-refractivity contribution in [2.75, 3.05) is 5.32 Å². The lowest BCUT2D eigenvalue weighted by Gasteiger charge is -2.21. The molecule has 0 saturated carbocycles. The molecule has 0 unspecified atom stereocenters. The summed E-state index contributed by atoms with van der Waals surface area (Å²) in [5.74, 6) is 0.442. The van der Waals surface area contributed by atoms with E-state index in [9.17, 15) is 4.79 Å². The average molecular weight is 223 g/mol. The third-order valence-electron chi connectivity index (χ3n) is 1.77. The molecule has 5 nitrogen and oxygen atoms in total. The lowest BCUT2D eigenvalue weighted by Crippen LogP contribution is -2.26. The van der Waals surface area contributed by atoms with E-state index in [4.69, 9.17) is 5.11 Å². The van der Waals surface area contributed by atoms with Gasteiger partial charge in [0.2, 0.25) is 0 Å². The summed E-state index contributed by atoms with van der Waals surface area (Å²) >= 11 is 0. The fourth-order valence-corrected chi connectivity index (χ4v) is 1.19. The maximum atomic E-state index is 10.4. The number of aliphatic carboxylic acids is 1. The van der Waals surface area contributed by atoms with Crippen molar-refractivity contribution in [1.82, 2.24) is 9.97 Å². The fraction of sp³-hybridized carbons (Fsp3) is 0.545. The highest BCUT2D eigenvalue weighted by Crippen LogP contribution is 2.11. The van der Waals surface area contributed by atoms with E-state index in [0.717, 1.165) is 5.82 Å². The number of hydrogen-bond acceptors (Lipinski definition) is 4. The minimum atomic E-state index is -0.835. The Morgan fingerprint density at radius 2 is 2.19 bits per heavy atom. The van der Waals surface area contributed by atoms with Crippen LogP contribution in [0.1, 0.15) is 33.0 Å². The molecule has 0 fully saturated rings. The molecule has 1 heterocycles. The summed E-state index contributed by atoms with van der Waals surface area (Å²) in [7, 11) is 0. The van der Waals surface area contributed by atoms with Gasteiger partial charge in [-0.05, 0) is 26.8 Å². The molecular formula is C11H17N3O2. The first-order valence-corrected chi connectivity index (χ1v) is 5.19. The van der Waals surface area contributed by atoms with Crippen LogP contribution >= 0.6 is 0 Å². The van der Waals surface area contributed by atoms with Gasteiger partial charge in [-0.25, -0.2) is 9.97 Å². The molecule has 1 aromatic heterocycles. The molecule has 0 spiro atoms. The molecule has 16 heavy (non-hydrogen) atoms. The highest BCUT2D eigenvalue weighted by atomic mass is 16.4. The molecule has 1 aromatic rings. The Bertz CT molecular complexity index is 372. The van der Waals surface area contributed by atoms with E-state index in [1.165, 1.54) is 0 Å². The topological polar surface area (TPSA) is 75.1 Å². The minimum Gasteiger partial charge on any atom is -0.481 e. The first kappa shape index (κ1) is 12.4. The predicted molar refractivity (Wildman–Crippen MR) is 61.4 cm³/mol. The molecule has 0 atom stereocenters. The summed E-state index contributed by atoms with van der Waals surface area (Å²) in [6.45, 7) is 6.10. The van der Waals surface area contributed by atoms with E-state index in [0.29, 0.717) is 12.2 Å². The van der Waals surface area contributed by atoms with Crippen molar-refractivity contribution in [1.29, 1.82) is 0 Å². The van der Waals surface area contributed by atoms with Crippen molar-refractivity contribution in [3.05, 3.63) is 18.1 Å². The molecule has 0 aliphatic heterocycles. The Kier molecular flexibility index (Phi) is 3.82. The molecule has 0 bridgehead atoms. The van der Waals surface area contributed by atoms with E-state index in [1.54, 1.807) is 12.3 Å². The zero-order chi connectivity index (χ0) is 12.2. The molecule has 0 aliphatic rings. The third kappa shape index (κ3) is 4.72. The quantitative estimate of drug-likeness (QED) is 0.812. The van der Waals surface area contributed by atoms with Gasteiger partial charge in [0, 0.05) is 18.2 Å². The number of rotatable bonds is 4. The van der Waals surface area contributed by atoms with Crippen LogP contribution in [0.5, 0.6) is 0 Å². The van der Waals surface area contributed by atoms with E-state index >= 15 is 0 Å². The molecule has 2 N–H and O–H groups in total. The van der Waals surface area contributed by atoms with Crippen molar-refractivity contribution in [2.45, 2.75) is 39.2 Å². The van der Waals surface area contributed by atoms with Crippen LogP contribution in [0.4, 0.5) is 5.82 Å². The van der Waals surface area contributed by atoms with Gasteiger partial charge in [-0.3, -0.25) is 4.79 Å². The Hall–Kier alpha value is -1.65. The van der Waals surface area contributed by atoms with Gasteiger partial charge in [-0.15, -0.1) is 0 Å². The van der Waals surface area contributed by atoms with Gasteiger partial charge >= 0.3 is 5.97 Å². The fourth-order valence-electron chi connectivity index (χ4n) is 1.19. The summed E-state index contributed by atoms with van der Waals surface area (Å²) in [4.78, 5) is 18.7. The maximum absolute atomic E-state index is 10.4. The molecule has 88 valence electrons. The summed E-state index contributed by atoms with van der Waals surface area (Å²) in [5, 5.41) is 11.8. The van der Waals surface area contributed by atoms with Crippen LogP contribution in [0.3, 0.4) is 0 Å². The Morgan fingerprint density at radius 3 is 2.75 bits per heavy atom. The molecule has 0 aromatic carbocycles. The van der Waals surface area contributed by atoms with Crippen molar-refractivity contribution in [3.8, 4) is 0 Å². The maximum Gasteiger partial charge on any atom is 0.303 e. The Labute approximate surface area is 94.9 Å². The number of carboxylic acid groups (broad SMARTS) is 1. The third-order valence-corrected chi connectivity index (χ3v) is 1.77. The zero-order valence-electron chi connectivity index (χ0n) is 9.82. The van der Waals surface area contributed by atoms with E-state index in [2.05, 4.69) is 15.3 Å². The normalized spacial score (nSPS) is 11.2. The van der Waals surface area contributed by atoms with E-state index < -0.39 is 5.97 Å². The largest absolute Gasteiger partial charge is 0.481 e. The standard InChI is InChI=1S/C11H17N3O2/c1-11(2,3)14-9-6-7-12-8(13-9)4-5-10(15)16/h6-7H,4-5H2,1-3H3,(H,15,16)(H,12,13,14). The van der Waals surface area contributed by atoms with Crippen LogP contribution in [0.15, 0.2) is 12.3 Å². The van der Waals surface area contributed by atoms with Gasteiger partial charge in [0.1, 0.15) is 11.6 Å². The van der Waals surface area contributed by atoms with Gasteiger partial charge < -0.3 is 10.4 Å². The number of aromatic nitrogens is 2. The number of hydrogen-bond donors (Lipinski definition) is 2. The summed E-state index contributed by atoms with van der Waals surface area (Å²) < 4.78 is 0. The summed E-state index contributed by atoms with van der Waals surface area (Å²) in [6, 6.07) is 1.77. The van der Waals surface area contributed by atoms with Crippen LogP contribution in [0, 0.1) is 0 Å². The number of carboxylic acids is 1. The van der Waals surface area contributed by atoms with E-state index in [-0.39, 0.29) is 12.0 Å². The Balaban J connectivity index is 2.67. The van der Waals surface area contributed by atoms with Crippen LogP contribution in [-0.4, -0.2) is 26.6 Å². The molecule has 1 rings (SSSR count). The highest BCUT2D eigenvalue weighted by Gasteiger charge is 2.10. The second-order valence-corrected chi connectivity index (χ2v) is 4.63. The number of carbonyl (C=O) groups is 1. The first-order valence-electron chi connectivity index (χ1n) is 5.19. The van der Waals surface area contributed by atoms with Crippen molar-refractivity contribution in [3.63, 3.8) is 0 Å². The molecule has 0 aliphatic carbocycles. The highest BCUT2D eigenvalue weighted by molar-refractivity contribution is 5.66. The number of nitrogens with one attached hydrogen (secondary N) is 1. The van der Waals surface area contributed by atoms with Gasteiger partial charge in [0.05, 0.1) is 6.42 Å². The number of aryl methyl sites for hydroxylation is 1. The molecule has 0 radical (unpaired) electrons. The van der Waals surface area contributed by atoms with Gasteiger partial charge in [-0.1, -0.05) is 0 Å². The van der Waals surface area contributed by atoms with Crippen molar-refractivity contribution >= 4 is 11.8 Å². The second-order valence-electron chi connectivity index (χ2n) is 4.63. The average Bonchev–Trinajstić information content (AvgIpc) is 2.12. The van der Waals surface area contributed by atoms with Crippen LogP contribution < -0.4 is 5.32 Å². The molecule has 5 heteroatoms. The van der Waals surface area contributed by atoms with Gasteiger partial charge in [-0.2, -0.15) is 0 Å². The Morgan fingerprint density at radius 1 is 1.50 bits per heavy atom. The molecule has 0 amide bonds. The summed E-state index contributed by atoms with van der Waals surface area (Å²) in [6.07, 6.45) is 2.05. The van der Waals surface area contributed by atoms with Crippen molar-refractivity contribution in [2.24, 2.45) is 0 Å². The monoisotopic (exact) mass is 223 g/mol. The number of nitrogens with zero attached hydrogens (tertiary/aromatic N) is 2. The van der Waals surface area contributed by atoms with Gasteiger partial charge in [0.25, 0.3) is 0 Å². The minimum absolute atomic E-state index is 0.0545. The lowest BCUT2D eigenvalue weighted by molar-refractivity contribution is -0.137. The van der Waals surface area contributed by atoms with Gasteiger partial charge in [0.15, 0.2) is 0 Å². The smallest absolute Gasteiger partial charge is 0.303 e. The molecular weight excluding hydrogens is 206 g/mol. The van der Waals surface area contributed by atoms with E-state index in [1.807, 2.05) is 20.8 Å². The van der Waals surface area contributed by atoms with Crippen molar-refractivity contribution < 1.29 is 9.90 Å². The second kappa shape index (κ2) is 4.92. The van der Waals surface area contributed by atoms with Crippen LogP contribution in [0.2, 0.25) is 0 Å². The molecule has 0 saturated heterocycles. The van der Waals surface area contributed by atoms with Crippen LogP contribution in [-0.2, 0) is 11.2 Å².